The topological polar surface area (TPSA) is 139 Å². The zero-order valence-corrected chi connectivity index (χ0v) is 18.9. The van der Waals surface area contributed by atoms with E-state index in [4.69, 9.17) is 9.47 Å². The number of aryl methyl sites for hydroxylation is 1. The van der Waals surface area contributed by atoms with Gasteiger partial charge in [-0.3, -0.25) is 9.59 Å². The van der Waals surface area contributed by atoms with E-state index in [2.05, 4.69) is 10.6 Å². The van der Waals surface area contributed by atoms with Crippen LogP contribution in [-0.4, -0.2) is 33.9 Å². The molecule has 1 aromatic heterocycles. The normalized spacial score (nSPS) is 11.4. The van der Waals surface area contributed by atoms with Gasteiger partial charge in [0.15, 0.2) is 17.2 Å². The first-order chi connectivity index (χ1) is 16.2. The minimum absolute atomic E-state index is 0.305. The summed E-state index contributed by atoms with van der Waals surface area (Å²) in [5.74, 6) is 0.0352. The number of anilines is 1. The second-order valence-electron chi connectivity index (χ2n) is 7.48. The Hall–Kier alpha value is -4.47. The molecule has 0 saturated heterocycles. The molecule has 0 aliphatic carbocycles. The Balaban J connectivity index is 1.77. The van der Waals surface area contributed by atoms with Gasteiger partial charge in [-0.1, -0.05) is 24.3 Å². The van der Waals surface area contributed by atoms with Gasteiger partial charge in [-0.2, -0.15) is 0 Å². The number of ether oxygens (including phenoxy) is 2. The number of aromatic nitrogens is 1. The number of methoxy groups -OCH3 is 1. The van der Waals surface area contributed by atoms with Gasteiger partial charge in [-0.05, 0) is 36.8 Å². The number of nitrogens with one attached hydrogen (secondary N) is 2. The highest BCUT2D eigenvalue weighted by molar-refractivity contribution is 5.91. The monoisotopic (exact) mass is 467 g/mol. The molecule has 0 radical (unpaired) electrons. The van der Waals surface area contributed by atoms with Crippen LogP contribution in [0.4, 0.5) is 10.5 Å². The summed E-state index contributed by atoms with van der Waals surface area (Å²) in [5.41, 5.74) is 0.110. The Morgan fingerprint density at radius 1 is 1.09 bits per heavy atom. The zero-order valence-electron chi connectivity index (χ0n) is 18.9. The van der Waals surface area contributed by atoms with Crippen LogP contribution in [0.1, 0.15) is 23.7 Å². The molecule has 0 fully saturated rings. The van der Waals surface area contributed by atoms with E-state index in [-0.39, 0.29) is 11.4 Å². The SMILES string of the molecule is COc1ccccc1Oc1ccc(C(CC(=O)O)NC(=O)Nc2c(O)cc(C)n(C)c2=O)cc1. The van der Waals surface area contributed by atoms with Crippen LogP contribution in [0.3, 0.4) is 0 Å². The van der Waals surface area contributed by atoms with Crippen molar-refractivity contribution < 1.29 is 29.3 Å². The highest BCUT2D eigenvalue weighted by Gasteiger charge is 2.20. The number of aromatic hydroxyl groups is 1. The molecule has 178 valence electrons. The molecule has 1 unspecified atom stereocenters. The number of amides is 2. The van der Waals surface area contributed by atoms with E-state index in [1.165, 1.54) is 24.8 Å². The van der Waals surface area contributed by atoms with Gasteiger partial charge in [0.2, 0.25) is 0 Å². The van der Waals surface area contributed by atoms with Gasteiger partial charge < -0.3 is 34.9 Å². The van der Waals surface area contributed by atoms with Gasteiger partial charge in [0, 0.05) is 18.8 Å². The van der Waals surface area contributed by atoms with Crippen LogP contribution in [0.5, 0.6) is 23.0 Å². The number of rotatable bonds is 8. The van der Waals surface area contributed by atoms with Crippen LogP contribution < -0.4 is 25.7 Å². The van der Waals surface area contributed by atoms with E-state index >= 15 is 0 Å². The Morgan fingerprint density at radius 3 is 2.35 bits per heavy atom. The molecule has 1 heterocycles. The van der Waals surface area contributed by atoms with Crippen molar-refractivity contribution in [3.8, 4) is 23.0 Å². The summed E-state index contributed by atoms with van der Waals surface area (Å²) < 4.78 is 12.3. The van der Waals surface area contributed by atoms with E-state index in [1.807, 2.05) is 6.07 Å². The molecular formula is C24H25N3O7. The summed E-state index contributed by atoms with van der Waals surface area (Å²) in [5, 5.41) is 24.2. The summed E-state index contributed by atoms with van der Waals surface area (Å²) in [6.07, 6.45) is -0.405. The van der Waals surface area contributed by atoms with Gasteiger partial charge in [0.25, 0.3) is 5.56 Å². The molecule has 10 heteroatoms. The van der Waals surface area contributed by atoms with Crippen molar-refractivity contribution in [1.82, 2.24) is 9.88 Å². The Bertz CT molecular complexity index is 1250. The number of carbonyl (C=O) groups is 2. The lowest BCUT2D eigenvalue weighted by Gasteiger charge is -2.19. The maximum Gasteiger partial charge on any atom is 0.319 e. The maximum absolute atomic E-state index is 12.5. The average Bonchev–Trinajstić information content (AvgIpc) is 2.80. The lowest BCUT2D eigenvalue weighted by molar-refractivity contribution is -0.137. The van der Waals surface area contributed by atoms with Crippen molar-refractivity contribution in [2.75, 3.05) is 12.4 Å². The van der Waals surface area contributed by atoms with Gasteiger partial charge in [-0.25, -0.2) is 4.79 Å². The molecule has 10 nitrogen and oxygen atoms in total. The summed E-state index contributed by atoms with van der Waals surface area (Å²) in [7, 11) is 3.03. The lowest BCUT2D eigenvalue weighted by Crippen LogP contribution is -2.36. The first kappa shape index (κ1) is 24.2. The predicted molar refractivity (Wildman–Crippen MR) is 125 cm³/mol. The first-order valence-corrected chi connectivity index (χ1v) is 10.3. The standard InChI is InChI=1S/C24H25N3O7/c1-14-12-18(28)22(23(31)27(14)2)26-24(32)25-17(13-21(29)30)15-8-10-16(11-9-15)34-20-7-5-4-6-19(20)33-3/h4-12,17,28H,13H2,1-3H3,(H,29,30)(H2,25,26,32). The quantitative estimate of drug-likeness (QED) is 0.397. The van der Waals surface area contributed by atoms with Crippen molar-refractivity contribution in [1.29, 1.82) is 0 Å². The van der Waals surface area contributed by atoms with Crippen LogP contribution in [-0.2, 0) is 11.8 Å². The van der Waals surface area contributed by atoms with Crippen LogP contribution in [0.2, 0.25) is 0 Å². The van der Waals surface area contributed by atoms with Crippen LogP contribution in [0.25, 0.3) is 0 Å². The van der Waals surface area contributed by atoms with E-state index in [9.17, 15) is 24.6 Å². The fraction of sp³-hybridized carbons (Fsp3) is 0.208. The van der Waals surface area contributed by atoms with Crippen LogP contribution in [0.15, 0.2) is 59.4 Å². The molecule has 34 heavy (non-hydrogen) atoms. The highest BCUT2D eigenvalue weighted by atomic mass is 16.5. The molecule has 3 aromatic rings. The number of benzene rings is 2. The summed E-state index contributed by atoms with van der Waals surface area (Å²) in [6.45, 7) is 1.63. The van der Waals surface area contributed by atoms with Crippen molar-refractivity contribution in [2.24, 2.45) is 7.05 Å². The summed E-state index contributed by atoms with van der Waals surface area (Å²) >= 11 is 0. The molecule has 0 saturated carbocycles. The fourth-order valence-electron chi connectivity index (χ4n) is 3.25. The number of carboxylic acid groups (broad SMARTS) is 1. The molecule has 1 atom stereocenters. The molecule has 0 aliphatic heterocycles. The second-order valence-corrected chi connectivity index (χ2v) is 7.48. The molecule has 3 rings (SSSR count). The lowest BCUT2D eigenvalue weighted by atomic mass is 10.0. The third kappa shape index (κ3) is 5.66. The van der Waals surface area contributed by atoms with Crippen molar-refractivity contribution in [3.63, 3.8) is 0 Å². The van der Waals surface area contributed by atoms with Gasteiger partial charge in [0.1, 0.15) is 11.5 Å². The third-order valence-corrected chi connectivity index (χ3v) is 5.15. The minimum atomic E-state index is -1.13. The van der Waals surface area contributed by atoms with Crippen molar-refractivity contribution in [3.05, 3.63) is 76.2 Å². The summed E-state index contributed by atoms with van der Waals surface area (Å²) in [6, 6.07) is 13.2. The molecular weight excluding hydrogens is 442 g/mol. The van der Waals surface area contributed by atoms with Gasteiger partial charge >= 0.3 is 12.0 Å². The first-order valence-electron chi connectivity index (χ1n) is 10.3. The molecule has 2 aromatic carbocycles. The Labute approximate surface area is 195 Å². The number of carbonyl (C=O) groups excluding carboxylic acids is 1. The number of pyridine rings is 1. The number of aliphatic carboxylic acids is 1. The number of carboxylic acids is 1. The maximum atomic E-state index is 12.5. The van der Waals surface area contributed by atoms with E-state index in [0.29, 0.717) is 28.5 Å². The van der Waals surface area contributed by atoms with E-state index in [0.717, 1.165) is 0 Å². The average molecular weight is 467 g/mol. The smallest absolute Gasteiger partial charge is 0.319 e. The number of urea groups is 1. The Kier molecular flexibility index (Phi) is 7.42. The largest absolute Gasteiger partial charge is 0.505 e. The fourth-order valence-corrected chi connectivity index (χ4v) is 3.25. The molecule has 2 amide bonds. The molecule has 4 N–H and O–H groups in total. The van der Waals surface area contributed by atoms with Crippen molar-refractivity contribution in [2.45, 2.75) is 19.4 Å². The molecule has 0 aliphatic rings. The molecule has 0 spiro atoms. The minimum Gasteiger partial charge on any atom is -0.505 e. The number of hydrogen-bond acceptors (Lipinski definition) is 6. The van der Waals surface area contributed by atoms with Gasteiger partial charge in [0.05, 0.1) is 19.6 Å². The molecule has 0 bridgehead atoms. The van der Waals surface area contributed by atoms with Crippen LogP contribution >= 0.6 is 0 Å². The van der Waals surface area contributed by atoms with E-state index < -0.39 is 30.0 Å². The predicted octanol–water partition coefficient (Wildman–Crippen LogP) is 3.54. The summed E-state index contributed by atoms with van der Waals surface area (Å²) in [4.78, 5) is 36.3. The Morgan fingerprint density at radius 2 is 1.74 bits per heavy atom. The number of hydrogen-bond donors (Lipinski definition) is 4. The van der Waals surface area contributed by atoms with E-state index in [1.54, 1.807) is 49.4 Å². The zero-order chi connectivity index (χ0) is 24.8. The van der Waals surface area contributed by atoms with Crippen LogP contribution in [0, 0.1) is 6.92 Å². The third-order valence-electron chi connectivity index (χ3n) is 5.15. The van der Waals surface area contributed by atoms with Gasteiger partial charge in [-0.15, -0.1) is 0 Å². The van der Waals surface area contributed by atoms with Crippen molar-refractivity contribution >= 4 is 17.7 Å². The number of nitrogens with zero attached hydrogens (tertiary/aromatic N) is 1. The highest BCUT2D eigenvalue weighted by Crippen LogP contribution is 2.31. The second kappa shape index (κ2) is 10.4. The number of para-hydroxylation sites is 2.